The van der Waals surface area contributed by atoms with Crippen molar-refractivity contribution in [1.29, 1.82) is 0 Å². The Balaban J connectivity index is 1.75. The first-order valence-electron chi connectivity index (χ1n) is 7.91. The van der Waals surface area contributed by atoms with Crippen LogP contribution in [-0.2, 0) is 10.0 Å². The fourth-order valence-electron chi connectivity index (χ4n) is 4.74. The Morgan fingerprint density at radius 1 is 1.09 bits per heavy atom. The van der Waals surface area contributed by atoms with E-state index in [1.54, 1.807) is 4.31 Å². The minimum atomic E-state index is -3.21. The molecular weight excluding hydrogens is 303 g/mol. The number of nitrogens with zero attached hydrogens (tertiary/aromatic N) is 2. The minimum Gasteiger partial charge on any atom is -0.298 e. The van der Waals surface area contributed by atoms with E-state index >= 15 is 0 Å². The van der Waals surface area contributed by atoms with Gasteiger partial charge < -0.3 is 0 Å². The smallest absolute Gasteiger partial charge is 0.211 e. The Hall–Kier alpha value is -0.980. The van der Waals surface area contributed by atoms with Gasteiger partial charge in [0.15, 0.2) is 0 Å². The quantitative estimate of drug-likeness (QED) is 0.830. The normalized spacial score (nSPS) is 38.2. The largest absolute Gasteiger partial charge is 0.298 e. The van der Waals surface area contributed by atoms with Crippen molar-refractivity contribution in [3.05, 3.63) is 35.6 Å². The van der Waals surface area contributed by atoms with Crippen LogP contribution in [0.3, 0.4) is 0 Å². The summed E-state index contributed by atoms with van der Waals surface area (Å²) >= 11 is 0. The average molecular weight is 324 g/mol. The second kappa shape index (κ2) is 5.01. The number of piperidine rings is 3. The highest BCUT2D eigenvalue weighted by Crippen LogP contribution is 2.47. The molecule has 0 aliphatic carbocycles. The molecule has 4 aliphatic heterocycles. The molecule has 1 aromatic rings. The highest BCUT2D eigenvalue weighted by molar-refractivity contribution is 7.88. The van der Waals surface area contributed by atoms with E-state index in [4.69, 9.17) is 0 Å². The molecule has 0 N–H and O–H groups in total. The van der Waals surface area contributed by atoms with E-state index in [0.29, 0.717) is 12.5 Å². The first-order valence-corrected chi connectivity index (χ1v) is 9.76. The van der Waals surface area contributed by atoms with E-state index in [-0.39, 0.29) is 23.8 Å². The van der Waals surface area contributed by atoms with Gasteiger partial charge in [-0.05, 0) is 49.5 Å². The summed E-state index contributed by atoms with van der Waals surface area (Å²) in [6.07, 6.45) is 3.49. The van der Waals surface area contributed by atoms with Crippen molar-refractivity contribution < 1.29 is 12.8 Å². The summed E-state index contributed by atoms with van der Waals surface area (Å²) in [4.78, 5) is 2.45. The van der Waals surface area contributed by atoms with Crippen LogP contribution in [0, 0.1) is 11.7 Å². The first-order chi connectivity index (χ1) is 10.4. The van der Waals surface area contributed by atoms with Gasteiger partial charge in [0.2, 0.25) is 10.0 Å². The third-order valence-corrected chi connectivity index (χ3v) is 6.92. The molecule has 0 amide bonds. The molecule has 4 heterocycles. The van der Waals surface area contributed by atoms with Crippen LogP contribution in [0.25, 0.3) is 0 Å². The van der Waals surface area contributed by atoms with Crippen molar-refractivity contribution in [1.82, 2.24) is 9.21 Å². The standard InChI is InChI=1S/C16H21FN2O2S/c1-22(20,21)19-10-14(11-2-4-13(17)5-3-11)16-15(19)12-6-8-18(16)9-7-12/h2-5,12,14-16H,6-10H2,1H3/t14-,15+,16+/m1/s1. The molecule has 4 nitrogen and oxygen atoms in total. The Morgan fingerprint density at radius 3 is 2.32 bits per heavy atom. The molecule has 2 bridgehead atoms. The lowest BCUT2D eigenvalue weighted by Gasteiger charge is -2.50. The van der Waals surface area contributed by atoms with Crippen LogP contribution in [-0.4, -0.2) is 55.6 Å². The molecule has 0 spiro atoms. The average Bonchev–Trinajstić information content (AvgIpc) is 2.92. The SMILES string of the molecule is CS(=O)(=O)N1C[C@H](c2ccc(F)cc2)[C@H]2[C@@H]1C1CCN2CC1. The topological polar surface area (TPSA) is 40.6 Å². The van der Waals surface area contributed by atoms with Crippen molar-refractivity contribution >= 4 is 10.0 Å². The number of rotatable bonds is 2. The number of benzene rings is 1. The first kappa shape index (κ1) is 14.6. The van der Waals surface area contributed by atoms with Crippen molar-refractivity contribution in [3.63, 3.8) is 0 Å². The zero-order valence-electron chi connectivity index (χ0n) is 12.7. The molecule has 0 unspecified atom stereocenters. The fraction of sp³-hybridized carbons (Fsp3) is 0.625. The van der Waals surface area contributed by atoms with Crippen LogP contribution in [0.2, 0.25) is 0 Å². The van der Waals surface area contributed by atoms with Crippen LogP contribution < -0.4 is 0 Å². The van der Waals surface area contributed by atoms with Crippen molar-refractivity contribution in [2.24, 2.45) is 5.92 Å². The van der Waals surface area contributed by atoms with Gasteiger partial charge >= 0.3 is 0 Å². The van der Waals surface area contributed by atoms with Gasteiger partial charge in [0, 0.05) is 24.5 Å². The van der Waals surface area contributed by atoms with Gasteiger partial charge in [0.05, 0.1) is 6.26 Å². The molecule has 120 valence electrons. The molecular formula is C16H21FN2O2S. The minimum absolute atomic E-state index is 0.0903. The summed E-state index contributed by atoms with van der Waals surface area (Å²) in [5.41, 5.74) is 1.05. The number of fused-ring (bicyclic) bond motifs is 2. The number of hydrogen-bond acceptors (Lipinski definition) is 3. The van der Waals surface area contributed by atoms with E-state index in [9.17, 15) is 12.8 Å². The molecule has 4 aliphatic rings. The second-order valence-corrected chi connectivity index (χ2v) is 8.78. The van der Waals surface area contributed by atoms with Gasteiger partial charge in [0.25, 0.3) is 0 Å². The summed E-state index contributed by atoms with van der Waals surface area (Å²) in [7, 11) is -3.21. The highest BCUT2D eigenvalue weighted by Gasteiger charge is 2.55. The van der Waals surface area contributed by atoms with Gasteiger partial charge in [-0.2, -0.15) is 4.31 Å². The lowest BCUT2D eigenvalue weighted by Crippen LogP contribution is -2.60. The molecule has 3 atom stereocenters. The third kappa shape index (κ3) is 2.20. The number of hydrogen-bond donors (Lipinski definition) is 0. The second-order valence-electron chi connectivity index (χ2n) is 6.85. The maximum Gasteiger partial charge on any atom is 0.211 e. The number of halogens is 1. The van der Waals surface area contributed by atoms with E-state index in [1.165, 1.54) is 18.4 Å². The summed E-state index contributed by atoms with van der Waals surface area (Å²) < 4.78 is 39.4. The molecule has 5 rings (SSSR count). The molecule has 22 heavy (non-hydrogen) atoms. The lowest BCUT2D eigenvalue weighted by atomic mass is 9.75. The maximum atomic E-state index is 13.2. The van der Waals surface area contributed by atoms with Crippen LogP contribution in [0.5, 0.6) is 0 Å². The maximum absolute atomic E-state index is 13.2. The zero-order chi connectivity index (χ0) is 15.5. The lowest BCUT2D eigenvalue weighted by molar-refractivity contribution is 0.0124. The Kier molecular flexibility index (Phi) is 3.33. The van der Waals surface area contributed by atoms with Gasteiger partial charge in [-0.3, -0.25) is 4.90 Å². The Bertz CT molecular complexity index is 668. The van der Waals surface area contributed by atoms with Gasteiger partial charge in [-0.25, -0.2) is 12.8 Å². The van der Waals surface area contributed by atoms with Gasteiger partial charge in [-0.1, -0.05) is 12.1 Å². The molecule has 0 radical (unpaired) electrons. The van der Waals surface area contributed by atoms with Crippen LogP contribution in [0.15, 0.2) is 24.3 Å². The molecule has 1 aromatic carbocycles. The predicted molar refractivity (Wildman–Crippen MR) is 82.6 cm³/mol. The molecule has 4 saturated heterocycles. The van der Waals surface area contributed by atoms with Crippen LogP contribution in [0.4, 0.5) is 4.39 Å². The van der Waals surface area contributed by atoms with Crippen molar-refractivity contribution in [2.45, 2.75) is 30.8 Å². The monoisotopic (exact) mass is 324 g/mol. The van der Waals surface area contributed by atoms with E-state index < -0.39 is 10.0 Å². The number of sulfonamides is 1. The highest BCUT2D eigenvalue weighted by atomic mass is 32.2. The van der Waals surface area contributed by atoms with Crippen LogP contribution in [0.1, 0.15) is 24.3 Å². The fourth-order valence-corrected chi connectivity index (χ4v) is 5.91. The van der Waals surface area contributed by atoms with E-state index in [2.05, 4.69) is 4.90 Å². The van der Waals surface area contributed by atoms with Crippen LogP contribution >= 0.6 is 0 Å². The Labute approximate surface area is 131 Å². The van der Waals surface area contributed by atoms with E-state index in [0.717, 1.165) is 31.5 Å². The summed E-state index contributed by atoms with van der Waals surface area (Å²) in [6.45, 7) is 2.63. The Morgan fingerprint density at radius 2 is 1.73 bits per heavy atom. The summed E-state index contributed by atoms with van der Waals surface area (Å²) in [5, 5.41) is 0. The molecule has 6 heteroatoms. The van der Waals surface area contributed by atoms with E-state index in [1.807, 2.05) is 12.1 Å². The summed E-state index contributed by atoms with van der Waals surface area (Å²) in [6, 6.07) is 6.91. The van der Waals surface area contributed by atoms with Gasteiger partial charge in [0.1, 0.15) is 5.82 Å². The third-order valence-electron chi connectivity index (χ3n) is 5.67. The van der Waals surface area contributed by atoms with Crippen molar-refractivity contribution in [2.75, 3.05) is 25.9 Å². The molecule has 0 saturated carbocycles. The van der Waals surface area contributed by atoms with Gasteiger partial charge in [-0.15, -0.1) is 0 Å². The predicted octanol–water partition coefficient (Wildman–Crippen LogP) is 1.65. The van der Waals surface area contributed by atoms with Crippen molar-refractivity contribution in [3.8, 4) is 0 Å². The molecule has 0 aromatic heterocycles. The summed E-state index contributed by atoms with van der Waals surface area (Å²) in [5.74, 6) is 0.363. The zero-order valence-corrected chi connectivity index (χ0v) is 13.5. The molecule has 4 fully saturated rings.